The largest absolute Gasteiger partial charge is 0.395 e. The molecule has 0 aromatic rings. The van der Waals surface area contributed by atoms with Crippen molar-refractivity contribution in [2.45, 2.75) is 122 Å². The van der Waals surface area contributed by atoms with Gasteiger partial charge in [0.2, 0.25) is 0 Å². The average molecular weight is 354 g/mol. The van der Waals surface area contributed by atoms with Crippen LogP contribution in [0.1, 0.15) is 122 Å². The predicted molar refractivity (Wildman–Crippen MR) is 113 cm³/mol. The monoisotopic (exact) mass is 353 g/mol. The molecule has 0 bridgehead atoms. The van der Waals surface area contributed by atoms with Crippen molar-refractivity contribution >= 4 is 0 Å². The molecular formula is C23H47NO. The summed E-state index contributed by atoms with van der Waals surface area (Å²) in [4.78, 5) is 0. The van der Waals surface area contributed by atoms with Crippen molar-refractivity contribution in [2.24, 2.45) is 0 Å². The molecule has 25 heavy (non-hydrogen) atoms. The van der Waals surface area contributed by atoms with Crippen LogP contribution in [-0.2, 0) is 0 Å². The summed E-state index contributed by atoms with van der Waals surface area (Å²) in [6, 6.07) is 0. The highest BCUT2D eigenvalue weighted by molar-refractivity contribution is 4.78. The van der Waals surface area contributed by atoms with Crippen molar-refractivity contribution < 1.29 is 5.11 Å². The van der Waals surface area contributed by atoms with E-state index in [2.05, 4.69) is 18.3 Å². The standard InChI is InChI=1S/C23H47NO/c1-2-3-4-5-6-7-8-9-10-11-12-13-14-15-16-17-18-19-20-21-24-22-23-25/h20-21,24-25H,2-19,22-23H2,1H3. The molecule has 0 aliphatic heterocycles. The second-order valence-corrected chi connectivity index (χ2v) is 7.53. The van der Waals surface area contributed by atoms with Crippen LogP contribution in [0.3, 0.4) is 0 Å². The highest BCUT2D eigenvalue weighted by Crippen LogP contribution is 2.14. The average Bonchev–Trinajstić information content (AvgIpc) is 2.63. The Morgan fingerprint density at radius 1 is 0.600 bits per heavy atom. The number of nitrogens with one attached hydrogen (secondary N) is 1. The molecule has 0 heterocycles. The SMILES string of the molecule is CCCCCCCCCCCCCCCCCCCC=CNCCO. The van der Waals surface area contributed by atoms with Gasteiger partial charge in [-0.2, -0.15) is 0 Å². The van der Waals surface area contributed by atoms with Gasteiger partial charge in [0.15, 0.2) is 0 Å². The van der Waals surface area contributed by atoms with E-state index in [-0.39, 0.29) is 6.61 Å². The molecule has 0 amide bonds. The van der Waals surface area contributed by atoms with Gasteiger partial charge in [-0.3, -0.25) is 0 Å². The van der Waals surface area contributed by atoms with Crippen LogP contribution in [0.4, 0.5) is 0 Å². The molecule has 2 heteroatoms. The van der Waals surface area contributed by atoms with Crippen LogP contribution >= 0.6 is 0 Å². The van der Waals surface area contributed by atoms with Gasteiger partial charge in [-0.1, -0.05) is 116 Å². The molecule has 2 N–H and O–H groups in total. The summed E-state index contributed by atoms with van der Waals surface area (Å²) < 4.78 is 0. The number of aliphatic hydroxyl groups is 1. The first-order chi connectivity index (χ1) is 12.4. The van der Waals surface area contributed by atoms with Gasteiger partial charge in [0.05, 0.1) is 6.61 Å². The van der Waals surface area contributed by atoms with E-state index in [1.54, 1.807) is 0 Å². The Kier molecular flexibility index (Phi) is 23.0. The second-order valence-electron chi connectivity index (χ2n) is 7.53. The fraction of sp³-hybridized carbons (Fsp3) is 0.913. The van der Waals surface area contributed by atoms with E-state index >= 15 is 0 Å². The highest BCUT2D eigenvalue weighted by atomic mass is 16.3. The van der Waals surface area contributed by atoms with Crippen LogP contribution in [0.2, 0.25) is 0 Å². The van der Waals surface area contributed by atoms with E-state index in [1.165, 1.54) is 109 Å². The minimum Gasteiger partial charge on any atom is -0.395 e. The van der Waals surface area contributed by atoms with Crippen LogP contribution in [0.5, 0.6) is 0 Å². The molecule has 150 valence electrons. The number of allylic oxidation sites excluding steroid dienone is 1. The minimum atomic E-state index is 0.212. The van der Waals surface area contributed by atoms with E-state index in [0.29, 0.717) is 6.54 Å². The third-order valence-corrected chi connectivity index (χ3v) is 4.97. The molecule has 0 rings (SSSR count). The van der Waals surface area contributed by atoms with Crippen LogP contribution in [0, 0.1) is 0 Å². The Morgan fingerprint density at radius 2 is 1.00 bits per heavy atom. The van der Waals surface area contributed by atoms with E-state index < -0.39 is 0 Å². The Hall–Kier alpha value is -0.500. The fourth-order valence-corrected chi connectivity index (χ4v) is 3.30. The molecule has 0 aromatic heterocycles. The van der Waals surface area contributed by atoms with Gasteiger partial charge in [-0.05, 0) is 19.0 Å². The van der Waals surface area contributed by atoms with Gasteiger partial charge in [0, 0.05) is 6.54 Å². The van der Waals surface area contributed by atoms with Gasteiger partial charge < -0.3 is 10.4 Å². The predicted octanol–water partition coefficient (Wildman–Crippen LogP) is 7.12. The van der Waals surface area contributed by atoms with Crippen molar-refractivity contribution in [3.05, 3.63) is 12.3 Å². The topological polar surface area (TPSA) is 32.3 Å². The lowest BCUT2D eigenvalue weighted by molar-refractivity contribution is 0.298. The summed E-state index contributed by atoms with van der Waals surface area (Å²) in [5.41, 5.74) is 0. The summed E-state index contributed by atoms with van der Waals surface area (Å²) in [5, 5.41) is 11.7. The Balaban J connectivity index is 2.99. The summed E-state index contributed by atoms with van der Waals surface area (Å²) >= 11 is 0. The van der Waals surface area contributed by atoms with E-state index in [4.69, 9.17) is 5.11 Å². The van der Waals surface area contributed by atoms with E-state index in [9.17, 15) is 0 Å². The van der Waals surface area contributed by atoms with Crippen molar-refractivity contribution in [1.29, 1.82) is 0 Å². The van der Waals surface area contributed by atoms with Gasteiger partial charge in [0.1, 0.15) is 0 Å². The van der Waals surface area contributed by atoms with Crippen molar-refractivity contribution in [1.82, 2.24) is 5.32 Å². The highest BCUT2D eigenvalue weighted by Gasteiger charge is 1.94. The third-order valence-electron chi connectivity index (χ3n) is 4.97. The Morgan fingerprint density at radius 3 is 1.40 bits per heavy atom. The summed E-state index contributed by atoms with van der Waals surface area (Å²) in [5.74, 6) is 0. The Labute approximate surface area is 158 Å². The number of rotatable bonds is 21. The Bertz CT molecular complexity index is 252. The molecule has 2 nitrogen and oxygen atoms in total. The molecule has 0 saturated carbocycles. The van der Waals surface area contributed by atoms with Crippen LogP contribution in [0.15, 0.2) is 12.3 Å². The lowest BCUT2D eigenvalue weighted by Crippen LogP contribution is -2.10. The van der Waals surface area contributed by atoms with Crippen LogP contribution in [0.25, 0.3) is 0 Å². The maximum Gasteiger partial charge on any atom is 0.0603 e. The smallest absolute Gasteiger partial charge is 0.0603 e. The summed E-state index contributed by atoms with van der Waals surface area (Å²) in [7, 11) is 0. The van der Waals surface area contributed by atoms with Crippen molar-refractivity contribution in [3.63, 3.8) is 0 Å². The first-order valence-electron chi connectivity index (χ1n) is 11.4. The maximum atomic E-state index is 8.63. The van der Waals surface area contributed by atoms with Gasteiger partial charge in [-0.25, -0.2) is 0 Å². The third kappa shape index (κ3) is 23.5. The molecule has 0 aromatic carbocycles. The zero-order chi connectivity index (χ0) is 18.3. The first kappa shape index (κ1) is 24.5. The van der Waals surface area contributed by atoms with Gasteiger partial charge >= 0.3 is 0 Å². The molecule has 0 spiro atoms. The van der Waals surface area contributed by atoms with Crippen LogP contribution < -0.4 is 5.32 Å². The normalized spacial score (nSPS) is 11.4. The summed E-state index contributed by atoms with van der Waals surface area (Å²) in [6.45, 7) is 3.17. The van der Waals surface area contributed by atoms with Gasteiger partial charge in [0.25, 0.3) is 0 Å². The molecule has 0 aliphatic carbocycles. The minimum absolute atomic E-state index is 0.212. The van der Waals surface area contributed by atoms with E-state index in [1.807, 2.05) is 6.20 Å². The lowest BCUT2D eigenvalue weighted by Gasteiger charge is -2.03. The fourth-order valence-electron chi connectivity index (χ4n) is 3.30. The molecule has 0 saturated heterocycles. The van der Waals surface area contributed by atoms with E-state index in [0.717, 1.165) is 6.42 Å². The molecular weight excluding hydrogens is 306 g/mol. The van der Waals surface area contributed by atoms with Gasteiger partial charge in [-0.15, -0.1) is 0 Å². The zero-order valence-corrected chi connectivity index (χ0v) is 17.2. The molecule has 0 fully saturated rings. The molecule has 0 aliphatic rings. The lowest BCUT2D eigenvalue weighted by atomic mass is 10.0. The summed E-state index contributed by atoms with van der Waals surface area (Å²) in [6.07, 6.45) is 29.6. The van der Waals surface area contributed by atoms with Crippen molar-refractivity contribution in [3.8, 4) is 0 Å². The number of hydrogen-bond acceptors (Lipinski definition) is 2. The quantitative estimate of drug-likeness (QED) is 0.215. The first-order valence-corrected chi connectivity index (χ1v) is 11.4. The number of hydrogen-bond donors (Lipinski definition) is 2. The van der Waals surface area contributed by atoms with Crippen molar-refractivity contribution in [2.75, 3.05) is 13.2 Å². The molecule has 0 unspecified atom stereocenters. The zero-order valence-electron chi connectivity index (χ0n) is 17.2. The van der Waals surface area contributed by atoms with Crippen LogP contribution in [-0.4, -0.2) is 18.3 Å². The molecule has 0 radical (unpaired) electrons. The number of aliphatic hydroxyl groups excluding tert-OH is 1. The second kappa shape index (κ2) is 23.5. The molecule has 0 atom stereocenters. The number of unbranched alkanes of at least 4 members (excludes halogenated alkanes) is 17. The maximum absolute atomic E-state index is 8.63.